The molecule has 0 aliphatic rings. The van der Waals surface area contributed by atoms with E-state index in [1.54, 1.807) is 12.1 Å². The molecule has 1 N–H and O–H groups in total. The van der Waals surface area contributed by atoms with Crippen LogP contribution in [0, 0.1) is 0 Å². The smallest absolute Gasteiger partial charge is 0.211 e. The van der Waals surface area contributed by atoms with Crippen molar-refractivity contribution in [1.82, 2.24) is 4.72 Å². The molecule has 5 heteroatoms. The fraction of sp³-hybridized carbons (Fsp3) is 0.538. The zero-order valence-electron chi connectivity index (χ0n) is 11.0. The molecule has 0 amide bonds. The van der Waals surface area contributed by atoms with Crippen LogP contribution in [-0.2, 0) is 15.4 Å². The van der Waals surface area contributed by atoms with E-state index in [4.69, 9.17) is 11.6 Å². The fourth-order valence-electron chi connectivity index (χ4n) is 1.49. The third-order valence-corrected chi connectivity index (χ3v) is 4.38. The van der Waals surface area contributed by atoms with Crippen LogP contribution in [0.25, 0.3) is 0 Å². The highest BCUT2D eigenvalue weighted by atomic mass is 35.5. The summed E-state index contributed by atoms with van der Waals surface area (Å²) in [4.78, 5) is 0.296. The van der Waals surface area contributed by atoms with Gasteiger partial charge in [0.15, 0.2) is 0 Å². The number of benzene rings is 1. The van der Waals surface area contributed by atoms with Gasteiger partial charge in [-0.15, -0.1) is 11.6 Å². The normalized spacial score (nSPS) is 12.7. The standard InChI is InChI=1S/C13H20ClNO2S/c1-13(2,3)11-5-7-12(8-6-11)18(16,17)15-10-4-9-14/h5-8,15H,4,9-10H2,1-3H3. The predicted molar refractivity (Wildman–Crippen MR) is 75.7 cm³/mol. The van der Waals surface area contributed by atoms with Gasteiger partial charge < -0.3 is 0 Å². The number of halogens is 1. The quantitative estimate of drug-likeness (QED) is 0.669. The molecule has 0 bridgehead atoms. The highest BCUT2D eigenvalue weighted by Crippen LogP contribution is 2.23. The average Bonchev–Trinajstić information content (AvgIpc) is 2.28. The van der Waals surface area contributed by atoms with Crippen molar-refractivity contribution in [2.45, 2.75) is 37.5 Å². The summed E-state index contributed by atoms with van der Waals surface area (Å²) in [6, 6.07) is 7.00. The number of nitrogens with one attached hydrogen (secondary N) is 1. The maximum atomic E-state index is 11.9. The first-order valence-electron chi connectivity index (χ1n) is 5.93. The van der Waals surface area contributed by atoms with Crippen LogP contribution in [0.3, 0.4) is 0 Å². The van der Waals surface area contributed by atoms with Crippen molar-refractivity contribution in [2.24, 2.45) is 0 Å². The minimum absolute atomic E-state index is 0.0222. The van der Waals surface area contributed by atoms with Crippen molar-refractivity contribution in [3.8, 4) is 0 Å². The molecule has 18 heavy (non-hydrogen) atoms. The Morgan fingerprint density at radius 1 is 1.17 bits per heavy atom. The van der Waals surface area contributed by atoms with Crippen LogP contribution in [0.2, 0.25) is 0 Å². The zero-order chi connectivity index (χ0) is 13.8. The van der Waals surface area contributed by atoms with Crippen LogP contribution in [0.5, 0.6) is 0 Å². The van der Waals surface area contributed by atoms with Gasteiger partial charge in [0, 0.05) is 12.4 Å². The largest absolute Gasteiger partial charge is 0.240 e. The summed E-state index contributed by atoms with van der Waals surface area (Å²) in [6.07, 6.45) is 0.626. The molecule has 0 saturated heterocycles. The highest BCUT2D eigenvalue weighted by molar-refractivity contribution is 7.89. The highest BCUT2D eigenvalue weighted by Gasteiger charge is 2.16. The van der Waals surface area contributed by atoms with Gasteiger partial charge in [-0.1, -0.05) is 32.9 Å². The molecular weight excluding hydrogens is 270 g/mol. The first-order valence-corrected chi connectivity index (χ1v) is 7.95. The zero-order valence-corrected chi connectivity index (χ0v) is 12.6. The number of rotatable bonds is 5. The van der Waals surface area contributed by atoms with Crippen molar-refractivity contribution in [3.05, 3.63) is 29.8 Å². The van der Waals surface area contributed by atoms with Gasteiger partial charge >= 0.3 is 0 Å². The lowest BCUT2D eigenvalue weighted by atomic mass is 9.87. The van der Waals surface area contributed by atoms with Gasteiger partial charge in [-0.2, -0.15) is 0 Å². The van der Waals surface area contributed by atoms with E-state index in [9.17, 15) is 8.42 Å². The first kappa shape index (κ1) is 15.5. The Labute approximate surface area is 115 Å². The van der Waals surface area contributed by atoms with Gasteiger partial charge in [0.2, 0.25) is 10.0 Å². The molecule has 102 valence electrons. The molecule has 0 saturated carbocycles. The van der Waals surface area contributed by atoms with E-state index in [0.29, 0.717) is 23.7 Å². The third-order valence-electron chi connectivity index (χ3n) is 2.63. The van der Waals surface area contributed by atoms with E-state index in [-0.39, 0.29) is 5.41 Å². The lowest BCUT2D eigenvalue weighted by Crippen LogP contribution is -2.25. The molecule has 0 aliphatic carbocycles. The van der Waals surface area contributed by atoms with Gasteiger partial charge in [0.05, 0.1) is 4.90 Å². The molecule has 1 aromatic rings. The molecule has 1 aromatic carbocycles. The van der Waals surface area contributed by atoms with E-state index in [2.05, 4.69) is 25.5 Å². The van der Waals surface area contributed by atoms with Crippen molar-refractivity contribution >= 4 is 21.6 Å². The average molecular weight is 290 g/mol. The minimum atomic E-state index is -3.40. The fourth-order valence-corrected chi connectivity index (χ4v) is 2.70. The van der Waals surface area contributed by atoms with Crippen LogP contribution in [0.4, 0.5) is 0 Å². The number of hydrogen-bond acceptors (Lipinski definition) is 2. The van der Waals surface area contributed by atoms with E-state index < -0.39 is 10.0 Å². The van der Waals surface area contributed by atoms with Crippen LogP contribution < -0.4 is 4.72 Å². The van der Waals surface area contributed by atoms with Crippen LogP contribution in [0.1, 0.15) is 32.8 Å². The molecule has 3 nitrogen and oxygen atoms in total. The maximum Gasteiger partial charge on any atom is 0.240 e. The lowest BCUT2D eigenvalue weighted by molar-refractivity contribution is 0.578. The van der Waals surface area contributed by atoms with Gasteiger partial charge in [0.25, 0.3) is 0 Å². The number of hydrogen-bond donors (Lipinski definition) is 1. The Balaban J connectivity index is 2.85. The molecule has 0 atom stereocenters. The molecule has 0 fully saturated rings. The van der Waals surface area contributed by atoms with E-state index >= 15 is 0 Å². The summed E-state index contributed by atoms with van der Waals surface area (Å²) in [5, 5.41) is 0. The van der Waals surface area contributed by atoms with E-state index in [0.717, 1.165) is 5.56 Å². The van der Waals surface area contributed by atoms with Crippen LogP contribution >= 0.6 is 11.6 Å². The molecule has 0 spiro atoms. The summed E-state index contributed by atoms with van der Waals surface area (Å²) in [5.74, 6) is 0.450. The van der Waals surface area contributed by atoms with Crippen molar-refractivity contribution in [1.29, 1.82) is 0 Å². The number of alkyl halides is 1. The summed E-state index contributed by atoms with van der Waals surface area (Å²) in [5.41, 5.74) is 1.14. The van der Waals surface area contributed by atoms with E-state index in [1.165, 1.54) is 0 Å². The summed E-state index contributed by atoms with van der Waals surface area (Å²) in [6.45, 7) is 6.65. The van der Waals surface area contributed by atoms with Crippen molar-refractivity contribution in [3.63, 3.8) is 0 Å². The van der Waals surface area contributed by atoms with Gasteiger partial charge in [0.1, 0.15) is 0 Å². The molecule has 0 unspecified atom stereocenters. The molecule has 1 rings (SSSR count). The Morgan fingerprint density at radius 3 is 2.17 bits per heavy atom. The maximum absolute atomic E-state index is 11.9. The molecular formula is C13H20ClNO2S. The van der Waals surface area contributed by atoms with Gasteiger partial charge in [-0.25, -0.2) is 13.1 Å². The Bertz CT molecular complexity index is 475. The SMILES string of the molecule is CC(C)(C)c1ccc(S(=O)(=O)NCCCCl)cc1. The van der Waals surface area contributed by atoms with Crippen molar-refractivity contribution in [2.75, 3.05) is 12.4 Å². The number of sulfonamides is 1. The Kier molecular flexibility index (Phi) is 5.20. The molecule has 0 heterocycles. The van der Waals surface area contributed by atoms with Crippen LogP contribution in [0.15, 0.2) is 29.2 Å². The van der Waals surface area contributed by atoms with Gasteiger partial charge in [-0.05, 0) is 29.5 Å². The second-order valence-electron chi connectivity index (χ2n) is 5.21. The topological polar surface area (TPSA) is 46.2 Å². The molecule has 0 radical (unpaired) electrons. The second kappa shape index (κ2) is 6.04. The Hall–Kier alpha value is -0.580. The summed E-state index contributed by atoms with van der Waals surface area (Å²) >= 11 is 5.51. The first-order chi connectivity index (χ1) is 8.27. The summed E-state index contributed by atoms with van der Waals surface area (Å²) in [7, 11) is -3.40. The third kappa shape index (κ3) is 4.26. The Morgan fingerprint density at radius 2 is 1.72 bits per heavy atom. The minimum Gasteiger partial charge on any atom is -0.211 e. The lowest BCUT2D eigenvalue weighted by Gasteiger charge is -2.19. The van der Waals surface area contributed by atoms with Crippen molar-refractivity contribution < 1.29 is 8.42 Å². The van der Waals surface area contributed by atoms with Gasteiger partial charge in [-0.3, -0.25) is 0 Å². The molecule has 0 aromatic heterocycles. The predicted octanol–water partition coefficient (Wildman–Crippen LogP) is 2.89. The summed E-state index contributed by atoms with van der Waals surface area (Å²) < 4.78 is 26.3. The van der Waals surface area contributed by atoms with Crippen LogP contribution in [-0.4, -0.2) is 20.8 Å². The second-order valence-corrected chi connectivity index (χ2v) is 7.36. The van der Waals surface area contributed by atoms with E-state index in [1.807, 2.05) is 12.1 Å². The molecule has 0 aliphatic heterocycles. The monoisotopic (exact) mass is 289 g/mol.